The fourth-order valence-electron chi connectivity index (χ4n) is 2.39. The zero-order valence-corrected chi connectivity index (χ0v) is 13.3. The number of benzene rings is 1. The Balaban J connectivity index is 1.78. The van der Waals surface area contributed by atoms with Crippen molar-refractivity contribution in [2.24, 2.45) is 0 Å². The summed E-state index contributed by atoms with van der Waals surface area (Å²) >= 11 is 3.25. The van der Waals surface area contributed by atoms with Gasteiger partial charge in [0.15, 0.2) is 0 Å². The van der Waals surface area contributed by atoms with Gasteiger partial charge in [-0.25, -0.2) is 4.98 Å². The fourth-order valence-corrected chi connectivity index (χ4v) is 2.62. The number of amides is 2. The predicted octanol–water partition coefficient (Wildman–Crippen LogP) is 3.22. The number of carbonyl (C=O) groups is 2. The molecule has 0 spiro atoms. The average molecular weight is 360 g/mol. The van der Waals surface area contributed by atoms with Crippen molar-refractivity contribution in [1.29, 1.82) is 0 Å². The Kier molecular flexibility index (Phi) is 4.20. The molecule has 0 radical (unpaired) electrons. The van der Waals surface area contributed by atoms with Crippen LogP contribution >= 0.6 is 15.9 Å². The summed E-state index contributed by atoms with van der Waals surface area (Å²) < 4.78 is 0.708. The van der Waals surface area contributed by atoms with Gasteiger partial charge in [0.25, 0.3) is 5.91 Å². The van der Waals surface area contributed by atoms with Crippen molar-refractivity contribution in [3.05, 3.63) is 52.8 Å². The summed E-state index contributed by atoms with van der Waals surface area (Å²) in [6.45, 7) is 0.709. The molecule has 2 amide bonds. The van der Waals surface area contributed by atoms with E-state index in [0.717, 1.165) is 12.1 Å². The van der Waals surface area contributed by atoms with Crippen molar-refractivity contribution in [3.63, 3.8) is 0 Å². The van der Waals surface area contributed by atoms with Gasteiger partial charge in [-0.05, 0) is 52.7 Å². The first-order valence-corrected chi connectivity index (χ1v) is 7.76. The number of nitrogens with one attached hydrogen (secondary N) is 1. The van der Waals surface area contributed by atoms with Gasteiger partial charge < -0.3 is 10.2 Å². The van der Waals surface area contributed by atoms with Crippen LogP contribution < -0.4 is 10.2 Å². The third kappa shape index (κ3) is 3.17. The molecular weight excluding hydrogens is 346 g/mol. The lowest BCUT2D eigenvalue weighted by molar-refractivity contribution is -0.117. The van der Waals surface area contributed by atoms with Gasteiger partial charge >= 0.3 is 0 Å². The van der Waals surface area contributed by atoms with E-state index in [1.54, 1.807) is 41.4 Å². The molecular formula is C16H14BrN3O2. The molecule has 3 rings (SSSR count). The first-order chi connectivity index (χ1) is 10.6. The molecule has 0 aliphatic carbocycles. The summed E-state index contributed by atoms with van der Waals surface area (Å²) in [5, 5.41) is 2.79. The third-order valence-electron chi connectivity index (χ3n) is 3.48. The molecule has 1 N–H and O–H groups in total. The molecule has 1 aliphatic rings. The lowest BCUT2D eigenvalue weighted by Gasteiger charge is -2.16. The number of hydrogen-bond donors (Lipinski definition) is 1. The second-order valence-electron chi connectivity index (χ2n) is 5.02. The van der Waals surface area contributed by atoms with Crippen LogP contribution in [0.15, 0.2) is 47.2 Å². The number of aromatic nitrogens is 1. The van der Waals surface area contributed by atoms with E-state index in [-0.39, 0.29) is 11.8 Å². The molecule has 1 saturated heterocycles. The van der Waals surface area contributed by atoms with Crippen LogP contribution in [0.25, 0.3) is 0 Å². The number of pyridine rings is 1. The normalized spacial score (nSPS) is 14.2. The minimum Gasteiger partial charge on any atom is -0.321 e. The van der Waals surface area contributed by atoms with Crippen LogP contribution in [0.5, 0.6) is 0 Å². The molecule has 1 fully saturated rings. The molecule has 1 aromatic heterocycles. The topological polar surface area (TPSA) is 62.3 Å². The highest BCUT2D eigenvalue weighted by molar-refractivity contribution is 9.10. The molecule has 0 unspecified atom stereocenters. The maximum absolute atomic E-state index is 12.3. The first kappa shape index (κ1) is 14.7. The second kappa shape index (κ2) is 6.27. The van der Waals surface area contributed by atoms with Gasteiger partial charge in [0, 0.05) is 24.2 Å². The number of rotatable bonds is 3. The minimum absolute atomic E-state index is 0.106. The average Bonchev–Trinajstić information content (AvgIpc) is 2.96. The second-order valence-corrected chi connectivity index (χ2v) is 5.84. The van der Waals surface area contributed by atoms with Crippen LogP contribution in [0.2, 0.25) is 0 Å². The summed E-state index contributed by atoms with van der Waals surface area (Å²) in [6, 6.07) is 10.6. The summed E-state index contributed by atoms with van der Waals surface area (Å²) in [7, 11) is 0. The highest BCUT2D eigenvalue weighted by Gasteiger charge is 2.22. The Morgan fingerprint density at radius 1 is 1.27 bits per heavy atom. The Bertz CT molecular complexity index is 716. The standard InChI is InChI=1S/C16H14BrN3O2/c17-14-7-6-12(10-18-14)19-16(22)11-3-1-4-13(9-11)20-8-2-5-15(20)21/h1,3-4,6-7,9-10H,2,5,8H2,(H,19,22). The summed E-state index contributed by atoms with van der Waals surface area (Å²) in [4.78, 5) is 29.9. The summed E-state index contributed by atoms with van der Waals surface area (Å²) in [6.07, 6.45) is 3.01. The Hall–Kier alpha value is -2.21. The van der Waals surface area contributed by atoms with Crippen molar-refractivity contribution in [2.45, 2.75) is 12.8 Å². The van der Waals surface area contributed by atoms with Crippen LogP contribution in [-0.4, -0.2) is 23.3 Å². The van der Waals surface area contributed by atoms with Crippen molar-refractivity contribution in [1.82, 2.24) is 4.98 Å². The van der Waals surface area contributed by atoms with Gasteiger partial charge in [0.1, 0.15) is 4.60 Å². The highest BCUT2D eigenvalue weighted by Crippen LogP contribution is 2.22. The molecule has 112 valence electrons. The molecule has 0 atom stereocenters. The molecule has 5 nitrogen and oxygen atoms in total. The molecule has 22 heavy (non-hydrogen) atoms. The molecule has 6 heteroatoms. The number of anilines is 2. The maximum Gasteiger partial charge on any atom is 0.255 e. The highest BCUT2D eigenvalue weighted by atomic mass is 79.9. The molecule has 2 heterocycles. The summed E-state index contributed by atoms with van der Waals surface area (Å²) in [5.74, 6) is -0.118. The van der Waals surface area contributed by atoms with Crippen LogP contribution in [0.3, 0.4) is 0 Å². The van der Waals surface area contributed by atoms with E-state index in [9.17, 15) is 9.59 Å². The maximum atomic E-state index is 12.3. The van der Waals surface area contributed by atoms with Crippen molar-refractivity contribution < 1.29 is 9.59 Å². The minimum atomic E-state index is -0.224. The molecule has 1 aliphatic heterocycles. The van der Waals surface area contributed by atoms with E-state index in [1.165, 1.54) is 0 Å². The quantitative estimate of drug-likeness (QED) is 0.855. The lowest BCUT2D eigenvalue weighted by Crippen LogP contribution is -2.24. The van der Waals surface area contributed by atoms with Gasteiger partial charge in [0.2, 0.25) is 5.91 Å². The molecule has 2 aromatic rings. The van der Waals surface area contributed by atoms with E-state index in [1.807, 2.05) is 6.07 Å². The largest absolute Gasteiger partial charge is 0.321 e. The number of halogens is 1. The molecule has 0 bridgehead atoms. The van der Waals surface area contributed by atoms with Gasteiger partial charge in [0.05, 0.1) is 11.9 Å². The van der Waals surface area contributed by atoms with E-state index >= 15 is 0 Å². The van der Waals surface area contributed by atoms with Gasteiger partial charge in [-0.1, -0.05) is 6.07 Å². The van der Waals surface area contributed by atoms with E-state index in [0.29, 0.717) is 28.8 Å². The zero-order chi connectivity index (χ0) is 15.5. The van der Waals surface area contributed by atoms with Crippen LogP contribution in [0.4, 0.5) is 11.4 Å². The first-order valence-electron chi connectivity index (χ1n) is 6.97. The lowest BCUT2D eigenvalue weighted by atomic mass is 10.1. The number of carbonyl (C=O) groups excluding carboxylic acids is 2. The Morgan fingerprint density at radius 3 is 2.82 bits per heavy atom. The zero-order valence-electron chi connectivity index (χ0n) is 11.8. The van der Waals surface area contributed by atoms with Crippen molar-refractivity contribution in [2.75, 3.05) is 16.8 Å². The summed E-state index contributed by atoms with van der Waals surface area (Å²) in [5.41, 5.74) is 1.90. The van der Waals surface area contributed by atoms with Crippen LogP contribution in [0, 0.1) is 0 Å². The SMILES string of the molecule is O=C(Nc1ccc(Br)nc1)c1cccc(N2CCCC2=O)c1. The van der Waals surface area contributed by atoms with Crippen LogP contribution in [-0.2, 0) is 4.79 Å². The number of nitrogens with zero attached hydrogens (tertiary/aromatic N) is 2. The Morgan fingerprint density at radius 2 is 2.14 bits per heavy atom. The van der Waals surface area contributed by atoms with Gasteiger partial charge in [-0.3, -0.25) is 9.59 Å². The third-order valence-corrected chi connectivity index (χ3v) is 3.95. The van der Waals surface area contributed by atoms with Gasteiger partial charge in [-0.15, -0.1) is 0 Å². The van der Waals surface area contributed by atoms with E-state index in [2.05, 4.69) is 26.2 Å². The fraction of sp³-hybridized carbons (Fsp3) is 0.188. The monoisotopic (exact) mass is 359 g/mol. The molecule has 1 aromatic carbocycles. The van der Waals surface area contributed by atoms with E-state index < -0.39 is 0 Å². The van der Waals surface area contributed by atoms with Crippen molar-refractivity contribution in [3.8, 4) is 0 Å². The number of hydrogen-bond acceptors (Lipinski definition) is 3. The van der Waals surface area contributed by atoms with Crippen LogP contribution in [0.1, 0.15) is 23.2 Å². The Labute approximate surface area is 136 Å². The predicted molar refractivity (Wildman–Crippen MR) is 87.9 cm³/mol. The smallest absolute Gasteiger partial charge is 0.255 e. The van der Waals surface area contributed by atoms with Crippen molar-refractivity contribution >= 4 is 39.1 Å². The molecule has 0 saturated carbocycles. The van der Waals surface area contributed by atoms with E-state index in [4.69, 9.17) is 0 Å². The van der Waals surface area contributed by atoms with Gasteiger partial charge in [-0.2, -0.15) is 0 Å².